The van der Waals surface area contributed by atoms with Crippen LogP contribution in [-0.2, 0) is 20.7 Å². The first-order valence-corrected chi connectivity index (χ1v) is 8.69. The number of benzene rings is 1. The van der Waals surface area contributed by atoms with Crippen LogP contribution in [0.3, 0.4) is 0 Å². The van der Waals surface area contributed by atoms with Crippen molar-refractivity contribution in [1.82, 2.24) is 0 Å². The largest absolute Gasteiger partial charge is 0.465 e. The van der Waals surface area contributed by atoms with Crippen molar-refractivity contribution in [3.05, 3.63) is 35.4 Å². The number of aryl methyl sites for hydroxylation is 1. The molecule has 0 spiro atoms. The molecule has 24 heavy (non-hydrogen) atoms. The first-order chi connectivity index (χ1) is 11.4. The molecular weight excluding hydrogens is 304 g/mol. The molecular formula is C20H28O4. The third kappa shape index (κ3) is 8.04. The summed E-state index contributed by atoms with van der Waals surface area (Å²) in [5.41, 5.74) is 1.70. The fourth-order valence-electron chi connectivity index (χ4n) is 2.14. The molecule has 0 amide bonds. The van der Waals surface area contributed by atoms with Gasteiger partial charge in [-0.3, -0.25) is 9.59 Å². The summed E-state index contributed by atoms with van der Waals surface area (Å²) in [4.78, 5) is 34.7. The molecule has 0 bridgehead atoms. The summed E-state index contributed by atoms with van der Waals surface area (Å²) in [5.74, 6) is 0.331. The Morgan fingerprint density at radius 3 is 2.29 bits per heavy atom. The van der Waals surface area contributed by atoms with Crippen molar-refractivity contribution < 1.29 is 19.1 Å². The molecule has 132 valence electrons. The van der Waals surface area contributed by atoms with Gasteiger partial charge < -0.3 is 9.53 Å². The number of ketones is 2. The average molecular weight is 332 g/mol. The Kier molecular flexibility index (Phi) is 8.98. The lowest BCUT2D eigenvalue weighted by molar-refractivity contribution is -0.145. The van der Waals surface area contributed by atoms with E-state index >= 15 is 0 Å². The van der Waals surface area contributed by atoms with Gasteiger partial charge in [0.2, 0.25) is 0 Å². The van der Waals surface area contributed by atoms with Crippen LogP contribution in [0.25, 0.3) is 0 Å². The molecule has 0 aliphatic carbocycles. The van der Waals surface area contributed by atoms with Crippen molar-refractivity contribution in [1.29, 1.82) is 0 Å². The van der Waals surface area contributed by atoms with Crippen molar-refractivity contribution >= 4 is 17.5 Å². The van der Waals surface area contributed by atoms with Crippen LogP contribution in [0.4, 0.5) is 0 Å². The quantitative estimate of drug-likeness (QED) is 0.451. The van der Waals surface area contributed by atoms with E-state index in [0.29, 0.717) is 43.8 Å². The van der Waals surface area contributed by atoms with E-state index in [0.717, 1.165) is 12.0 Å². The van der Waals surface area contributed by atoms with Gasteiger partial charge in [0, 0.05) is 24.8 Å². The second kappa shape index (κ2) is 10.7. The zero-order chi connectivity index (χ0) is 17.9. The fourth-order valence-corrected chi connectivity index (χ4v) is 2.14. The topological polar surface area (TPSA) is 60.4 Å². The van der Waals surface area contributed by atoms with Gasteiger partial charge in [-0.2, -0.15) is 0 Å². The average Bonchev–Trinajstić information content (AvgIpc) is 2.58. The zero-order valence-corrected chi connectivity index (χ0v) is 15.0. The summed E-state index contributed by atoms with van der Waals surface area (Å²) in [7, 11) is 0. The van der Waals surface area contributed by atoms with Crippen molar-refractivity contribution in [3.8, 4) is 0 Å². The van der Waals surface area contributed by atoms with Crippen LogP contribution in [-0.4, -0.2) is 24.1 Å². The molecule has 0 aromatic heterocycles. The highest BCUT2D eigenvalue weighted by Gasteiger charge is 2.10. The second-order valence-corrected chi connectivity index (χ2v) is 6.37. The van der Waals surface area contributed by atoms with Crippen LogP contribution in [0.5, 0.6) is 0 Å². The monoisotopic (exact) mass is 332 g/mol. The van der Waals surface area contributed by atoms with Gasteiger partial charge in [-0.15, -0.1) is 0 Å². The van der Waals surface area contributed by atoms with Crippen molar-refractivity contribution in [2.75, 3.05) is 6.61 Å². The lowest BCUT2D eigenvalue weighted by Crippen LogP contribution is -2.11. The molecule has 1 aromatic rings. The van der Waals surface area contributed by atoms with Gasteiger partial charge in [-0.1, -0.05) is 44.5 Å². The first kappa shape index (κ1) is 20.1. The van der Waals surface area contributed by atoms with Gasteiger partial charge in [-0.05, 0) is 31.2 Å². The summed E-state index contributed by atoms with van der Waals surface area (Å²) in [5, 5.41) is 0. The maximum absolute atomic E-state index is 12.1. The standard InChI is InChI=1S/C20H28O4/c1-4-15(2)14-24-20(23)7-5-6-19(22)18-12-10-17(11-13-18)9-8-16(3)21/h10-13,15H,4-9,14H2,1-3H3. The second-order valence-electron chi connectivity index (χ2n) is 6.37. The minimum atomic E-state index is -0.234. The van der Waals surface area contributed by atoms with Crippen LogP contribution in [0, 0.1) is 5.92 Å². The van der Waals surface area contributed by atoms with Gasteiger partial charge in [0.15, 0.2) is 5.78 Å². The Hall–Kier alpha value is -1.97. The maximum Gasteiger partial charge on any atom is 0.305 e. The van der Waals surface area contributed by atoms with Gasteiger partial charge in [0.25, 0.3) is 0 Å². The van der Waals surface area contributed by atoms with Crippen LogP contribution >= 0.6 is 0 Å². The summed E-state index contributed by atoms with van der Waals surface area (Å²) in [6.45, 7) is 6.12. The molecule has 1 rings (SSSR count). The molecule has 1 aromatic carbocycles. The zero-order valence-electron chi connectivity index (χ0n) is 15.0. The normalized spacial score (nSPS) is 11.8. The van der Waals surface area contributed by atoms with Crippen molar-refractivity contribution in [2.45, 2.75) is 59.3 Å². The van der Waals surface area contributed by atoms with E-state index in [1.165, 1.54) is 0 Å². The van der Waals surface area contributed by atoms with Gasteiger partial charge in [-0.25, -0.2) is 0 Å². The minimum Gasteiger partial charge on any atom is -0.465 e. The Bertz CT molecular complexity index is 545. The fraction of sp³-hybridized carbons (Fsp3) is 0.550. The number of esters is 1. The molecule has 0 aliphatic rings. The van der Waals surface area contributed by atoms with E-state index in [2.05, 4.69) is 6.92 Å². The lowest BCUT2D eigenvalue weighted by atomic mass is 10.0. The minimum absolute atomic E-state index is 0.0304. The Labute approximate surface area is 144 Å². The molecule has 0 N–H and O–H groups in total. The lowest BCUT2D eigenvalue weighted by Gasteiger charge is -2.09. The highest BCUT2D eigenvalue weighted by molar-refractivity contribution is 5.96. The molecule has 0 saturated heterocycles. The van der Waals surface area contributed by atoms with Crippen molar-refractivity contribution in [2.24, 2.45) is 5.92 Å². The van der Waals surface area contributed by atoms with E-state index < -0.39 is 0 Å². The number of carbonyl (C=O) groups excluding carboxylic acids is 3. The van der Waals surface area contributed by atoms with E-state index in [1.54, 1.807) is 19.1 Å². The van der Waals surface area contributed by atoms with E-state index in [-0.39, 0.29) is 24.0 Å². The molecule has 4 nitrogen and oxygen atoms in total. The number of hydrogen-bond acceptors (Lipinski definition) is 4. The van der Waals surface area contributed by atoms with E-state index in [4.69, 9.17) is 4.74 Å². The number of ether oxygens (including phenoxy) is 1. The van der Waals surface area contributed by atoms with Gasteiger partial charge >= 0.3 is 5.97 Å². The molecule has 0 fully saturated rings. The summed E-state index contributed by atoms with van der Waals surface area (Å²) in [6.07, 6.45) is 3.32. The van der Waals surface area contributed by atoms with Crippen LogP contribution in [0.2, 0.25) is 0 Å². The molecule has 1 atom stereocenters. The predicted octanol–water partition coefficient (Wildman–Crippen LogP) is 4.15. The first-order valence-electron chi connectivity index (χ1n) is 8.69. The number of carbonyl (C=O) groups is 3. The van der Waals surface area contributed by atoms with Crippen LogP contribution in [0.15, 0.2) is 24.3 Å². The summed E-state index contributed by atoms with van der Waals surface area (Å²) >= 11 is 0. The van der Waals surface area contributed by atoms with Crippen molar-refractivity contribution in [3.63, 3.8) is 0 Å². The Balaban J connectivity index is 2.32. The van der Waals surface area contributed by atoms with Crippen LogP contribution < -0.4 is 0 Å². The Morgan fingerprint density at radius 1 is 1.04 bits per heavy atom. The SMILES string of the molecule is CCC(C)COC(=O)CCCC(=O)c1ccc(CCC(C)=O)cc1. The van der Waals surface area contributed by atoms with E-state index in [9.17, 15) is 14.4 Å². The number of hydrogen-bond donors (Lipinski definition) is 0. The number of rotatable bonds is 11. The highest BCUT2D eigenvalue weighted by Crippen LogP contribution is 2.11. The van der Waals surface area contributed by atoms with Crippen LogP contribution in [0.1, 0.15) is 68.8 Å². The maximum atomic E-state index is 12.1. The van der Waals surface area contributed by atoms with Gasteiger partial charge in [0.1, 0.15) is 5.78 Å². The third-order valence-electron chi connectivity index (χ3n) is 4.05. The highest BCUT2D eigenvalue weighted by atomic mass is 16.5. The Morgan fingerprint density at radius 2 is 1.71 bits per heavy atom. The molecule has 0 saturated carbocycles. The summed E-state index contributed by atoms with van der Waals surface area (Å²) in [6, 6.07) is 7.35. The third-order valence-corrected chi connectivity index (χ3v) is 4.05. The summed E-state index contributed by atoms with van der Waals surface area (Å²) < 4.78 is 5.17. The predicted molar refractivity (Wildman–Crippen MR) is 94.0 cm³/mol. The molecule has 4 heteroatoms. The molecule has 0 heterocycles. The molecule has 0 aliphatic heterocycles. The van der Waals surface area contributed by atoms with E-state index in [1.807, 2.05) is 19.1 Å². The number of Topliss-reactive ketones (excluding diaryl/α,β-unsaturated/α-hetero) is 2. The van der Waals surface area contributed by atoms with Gasteiger partial charge in [0.05, 0.1) is 6.61 Å². The molecule has 1 unspecified atom stereocenters. The molecule has 0 radical (unpaired) electrons. The smallest absolute Gasteiger partial charge is 0.305 e.